The second-order valence-electron chi connectivity index (χ2n) is 9.53. The summed E-state index contributed by atoms with van der Waals surface area (Å²) >= 11 is 0. The summed E-state index contributed by atoms with van der Waals surface area (Å²) in [5, 5.41) is 5.43. The lowest BCUT2D eigenvalue weighted by Gasteiger charge is -2.33. The number of nitrogens with one attached hydrogen (secondary N) is 2. The highest BCUT2D eigenvalue weighted by Crippen LogP contribution is 2.42. The Labute approximate surface area is 219 Å². The van der Waals surface area contributed by atoms with Crippen LogP contribution >= 0.6 is 0 Å². The smallest absolute Gasteiger partial charge is 0.352 e. The molecule has 2 atom stereocenters. The number of halogens is 3. The van der Waals surface area contributed by atoms with Gasteiger partial charge in [0, 0.05) is 19.0 Å². The molecule has 0 saturated carbocycles. The maximum absolute atomic E-state index is 14.0. The number of hydrogen-bond donors (Lipinski definition) is 2. The highest BCUT2D eigenvalue weighted by molar-refractivity contribution is 6.03. The van der Waals surface area contributed by atoms with Crippen molar-refractivity contribution in [2.24, 2.45) is 0 Å². The van der Waals surface area contributed by atoms with E-state index in [9.17, 15) is 27.6 Å². The zero-order chi connectivity index (χ0) is 27.6. The van der Waals surface area contributed by atoms with Gasteiger partial charge in [0.25, 0.3) is 5.91 Å². The van der Waals surface area contributed by atoms with E-state index in [0.29, 0.717) is 0 Å². The molecule has 2 aliphatic rings. The first-order valence-corrected chi connectivity index (χ1v) is 12.3. The summed E-state index contributed by atoms with van der Waals surface area (Å²) in [6.07, 6.45) is -3.04. The quantitative estimate of drug-likeness (QED) is 0.507. The van der Waals surface area contributed by atoms with Crippen LogP contribution in [0.5, 0.6) is 0 Å². The largest absolute Gasteiger partial charge is 0.416 e. The Balaban J connectivity index is 1.80. The van der Waals surface area contributed by atoms with Crippen molar-refractivity contribution in [3.05, 3.63) is 95.2 Å². The predicted octanol–water partition coefficient (Wildman–Crippen LogP) is 4.19. The van der Waals surface area contributed by atoms with Crippen molar-refractivity contribution >= 4 is 17.8 Å². The molecule has 2 aromatic rings. The van der Waals surface area contributed by atoms with Crippen molar-refractivity contribution in [1.82, 2.24) is 20.4 Å². The van der Waals surface area contributed by atoms with E-state index >= 15 is 0 Å². The van der Waals surface area contributed by atoms with Gasteiger partial charge in [-0.15, -0.1) is 6.58 Å². The minimum Gasteiger partial charge on any atom is -0.352 e. The van der Waals surface area contributed by atoms with E-state index in [4.69, 9.17) is 0 Å². The molecular formula is C28H29F3N4O3. The number of hydrogen-bond acceptors (Lipinski definition) is 3. The molecule has 2 aliphatic heterocycles. The van der Waals surface area contributed by atoms with Crippen LogP contribution in [0.3, 0.4) is 0 Å². The van der Waals surface area contributed by atoms with E-state index in [1.807, 2.05) is 30.3 Å². The Morgan fingerprint density at radius 2 is 1.79 bits per heavy atom. The average molecular weight is 527 g/mol. The van der Waals surface area contributed by atoms with Crippen LogP contribution in [0.4, 0.5) is 18.0 Å². The first-order chi connectivity index (χ1) is 18.0. The first kappa shape index (κ1) is 27.0. The maximum Gasteiger partial charge on any atom is 0.416 e. The molecule has 7 nitrogen and oxygen atoms in total. The molecule has 10 heteroatoms. The fourth-order valence-electron chi connectivity index (χ4n) is 4.89. The Kier molecular flexibility index (Phi) is 7.61. The number of urea groups is 1. The van der Waals surface area contributed by atoms with Gasteiger partial charge in [-0.3, -0.25) is 14.5 Å². The lowest BCUT2D eigenvalue weighted by atomic mass is 9.91. The van der Waals surface area contributed by atoms with E-state index in [1.54, 1.807) is 13.8 Å². The Morgan fingerprint density at radius 3 is 2.42 bits per heavy atom. The predicted molar refractivity (Wildman–Crippen MR) is 136 cm³/mol. The summed E-state index contributed by atoms with van der Waals surface area (Å²) in [7, 11) is 0. The molecule has 0 radical (unpaired) electrons. The molecule has 38 heavy (non-hydrogen) atoms. The van der Waals surface area contributed by atoms with Crippen LogP contribution in [0.15, 0.2) is 78.5 Å². The zero-order valence-electron chi connectivity index (χ0n) is 21.1. The number of alkyl halides is 3. The van der Waals surface area contributed by atoms with Crippen molar-refractivity contribution in [3.8, 4) is 0 Å². The van der Waals surface area contributed by atoms with Gasteiger partial charge in [0.05, 0.1) is 29.4 Å². The standard InChI is InChI=1S/C28H29F3N4O3/c1-4-14-34-22-16-35(21(25(36)32-17(2)3)15-18-10-6-5-7-11-18)26(37)23(22)24(33-27(34)38)19-12-8-9-13-20(19)28(29,30)31/h4-13,17,21,24H,1,14-16H2,2-3H3,(H,32,36)(H,33,38)/t21-,24+/m1/s1. The summed E-state index contributed by atoms with van der Waals surface area (Å²) in [4.78, 5) is 43.0. The van der Waals surface area contributed by atoms with Crippen LogP contribution in [0.1, 0.15) is 36.6 Å². The van der Waals surface area contributed by atoms with Crippen molar-refractivity contribution in [2.45, 2.75) is 44.6 Å². The Morgan fingerprint density at radius 1 is 1.13 bits per heavy atom. The minimum absolute atomic E-state index is 0.0126. The van der Waals surface area contributed by atoms with Gasteiger partial charge >= 0.3 is 12.2 Å². The lowest BCUT2D eigenvalue weighted by molar-refractivity contribution is -0.138. The molecule has 0 bridgehead atoms. The number of carbonyl (C=O) groups is 3. The second-order valence-corrected chi connectivity index (χ2v) is 9.53. The van der Waals surface area contributed by atoms with E-state index in [-0.39, 0.29) is 48.3 Å². The number of nitrogens with zero attached hydrogens (tertiary/aromatic N) is 2. The minimum atomic E-state index is -4.70. The highest BCUT2D eigenvalue weighted by Gasteiger charge is 2.48. The molecule has 0 saturated heterocycles. The normalized spacial score (nSPS) is 18.4. The number of rotatable bonds is 8. The molecule has 0 unspecified atom stereocenters. The molecular weight excluding hydrogens is 497 g/mol. The van der Waals surface area contributed by atoms with E-state index in [0.717, 1.165) is 11.6 Å². The van der Waals surface area contributed by atoms with Crippen LogP contribution in [0.25, 0.3) is 0 Å². The Bertz CT molecular complexity index is 1270. The Hall–Kier alpha value is -4.08. The molecule has 0 fully saturated rings. The van der Waals surface area contributed by atoms with Gasteiger partial charge in [0.15, 0.2) is 0 Å². The van der Waals surface area contributed by atoms with Gasteiger partial charge in [-0.2, -0.15) is 13.2 Å². The molecule has 4 amide bonds. The third-order valence-electron chi connectivity index (χ3n) is 6.52. The summed E-state index contributed by atoms with van der Waals surface area (Å²) in [5.41, 5.74) is -0.0979. The number of amides is 4. The number of carbonyl (C=O) groups excluding carboxylic acids is 3. The van der Waals surface area contributed by atoms with Crippen LogP contribution in [0, 0.1) is 0 Å². The fraction of sp³-hybridized carbons (Fsp3) is 0.321. The van der Waals surface area contributed by atoms with Gasteiger partial charge in [0.2, 0.25) is 5.91 Å². The van der Waals surface area contributed by atoms with Crippen molar-refractivity contribution < 1.29 is 27.6 Å². The van der Waals surface area contributed by atoms with E-state index in [1.165, 1.54) is 34.1 Å². The van der Waals surface area contributed by atoms with Crippen molar-refractivity contribution in [2.75, 3.05) is 13.1 Å². The first-order valence-electron chi connectivity index (χ1n) is 12.3. The molecule has 0 aromatic heterocycles. The molecule has 0 aliphatic carbocycles. The summed E-state index contributed by atoms with van der Waals surface area (Å²) in [6.45, 7) is 7.19. The van der Waals surface area contributed by atoms with Crippen LogP contribution in [-0.2, 0) is 22.2 Å². The molecule has 2 N–H and O–H groups in total. The van der Waals surface area contributed by atoms with Gasteiger partial charge in [-0.05, 0) is 31.0 Å². The fourth-order valence-corrected chi connectivity index (χ4v) is 4.89. The van der Waals surface area contributed by atoms with Crippen molar-refractivity contribution in [1.29, 1.82) is 0 Å². The lowest BCUT2D eigenvalue weighted by Crippen LogP contribution is -2.51. The van der Waals surface area contributed by atoms with Crippen LogP contribution in [0.2, 0.25) is 0 Å². The maximum atomic E-state index is 14.0. The molecule has 2 heterocycles. The highest BCUT2D eigenvalue weighted by atomic mass is 19.4. The van der Waals surface area contributed by atoms with Crippen LogP contribution < -0.4 is 10.6 Å². The number of benzene rings is 2. The average Bonchev–Trinajstić information content (AvgIpc) is 3.20. The SMILES string of the molecule is C=CCN1C(=O)N[C@@H](c2ccccc2C(F)(F)F)C2=C1CN([C@H](Cc1ccccc1)C(=O)NC(C)C)C2=O. The third-order valence-corrected chi connectivity index (χ3v) is 6.52. The monoisotopic (exact) mass is 526 g/mol. The van der Waals surface area contributed by atoms with Gasteiger partial charge in [0.1, 0.15) is 6.04 Å². The summed E-state index contributed by atoms with van der Waals surface area (Å²) in [6, 6.07) is 10.9. The van der Waals surface area contributed by atoms with Gasteiger partial charge in [-0.25, -0.2) is 4.79 Å². The molecule has 2 aromatic carbocycles. The zero-order valence-corrected chi connectivity index (χ0v) is 21.1. The third kappa shape index (κ3) is 5.29. The molecule has 4 rings (SSSR count). The van der Waals surface area contributed by atoms with Crippen molar-refractivity contribution in [3.63, 3.8) is 0 Å². The molecule has 200 valence electrons. The van der Waals surface area contributed by atoms with E-state index in [2.05, 4.69) is 17.2 Å². The second kappa shape index (κ2) is 10.7. The summed E-state index contributed by atoms with van der Waals surface area (Å²) in [5.74, 6) is -0.991. The van der Waals surface area contributed by atoms with Crippen LogP contribution in [-0.4, -0.2) is 52.8 Å². The molecule has 0 spiro atoms. The summed E-state index contributed by atoms with van der Waals surface area (Å²) < 4.78 is 41.7. The van der Waals surface area contributed by atoms with Gasteiger partial charge in [-0.1, -0.05) is 54.6 Å². The van der Waals surface area contributed by atoms with E-state index < -0.39 is 35.8 Å². The van der Waals surface area contributed by atoms with Gasteiger partial charge < -0.3 is 15.5 Å². The topological polar surface area (TPSA) is 81.8 Å².